The second kappa shape index (κ2) is 8.49. The Morgan fingerprint density at radius 2 is 1.55 bits per heavy atom. The Hall–Kier alpha value is -3.44. The number of nitrogens with zero attached hydrogens (tertiary/aromatic N) is 2. The van der Waals surface area contributed by atoms with Gasteiger partial charge in [-0.25, -0.2) is 16.8 Å². The second-order valence-electron chi connectivity index (χ2n) is 7.69. The predicted octanol–water partition coefficient (Wildman–Crippen LogP) is 3.85. The Kier molecular flexibility index (Phi) is 5.85. The highest BCUT2D eigenvalue weighted by Gasteiger charge is 2.29. The molecule has 9 nitrogen and oxygen atoms in total. The zero-order valence-corrected chi connectivity index (χ0v) is 19.3. The number of non-ortho nitro benzene ring substituents is 1. The predicted molar refractivity (Wildman–Crippen MR) is 124 cm³/mol. The van der Waals surface area contributed by atoms with E-state index < -0.39 is 25.0 Å². The van der Waals surface area contributed by atoms with Crippen molar-refractivity contribution >= 4 is 37.1 Å². The number of anilines is 2. The minimum atomic E-state index is -3.98. The third-order valence-electron chi connectivity index (χ3n) is 5.37. The molecule has 1 aliphatic heterocycles. The summed E-state index contributed by atoms with van der Waals surface area (Å²) < 4.78 is 55.6. The van der Waals surface area contributed by atoms with Crippen molar-refractivity contribution in [2.75, 3.05) is 15.6 Å². The number of sulfonamides is 2. The lowest BCUT2D eigenvalue weighted by Gasteiger charge is -2.31. The summed E-state index contributed by atoms with van der Waals surface area (Å²) in [7, 11) is -7.73. The summed E-state index contributed by atoms with van der Waals surface area (Å²) in [5.41, 5.74) is 2.25. The van der Waals surface area contributed by atoms with Gasteiger partial charge >= 0.3 is 0 Å². The number of nitrogens with one attached hydrogen (secondary N) is 1. The third-order valence-corrected chi connectivity index (χ3v) is 8.60. The fourth-order valence-corrected chi connectivity index (χ4v) is 6.26. The highest BCUT2D eigenvalue weighted by Crippen LogP contribution is 2.34. The smallest absolute Gasteiger partial charge is 0.269 e. The van der Waals surface area contributed by atoms with Gasteiger partial charge < -0.3 is 0 Å². The molecule has 0 saturated carbocycles. The first-order valence-electron chi connectivity index (χ1n) is 10.1. The van der Waals surface area contributed by atoms with Crippen molar-refractivity contribution in [1.29, 1.82) is 0 Å². The van der Waals surface area contributed by atoms with Crippen LogP contribution in [0.4, 0.5) is 17.1 Å². The number of benzene rings is 3. The Morgan fingerprint density at radius 3 is 2.18 bits per heavy atom. The first-order chi connectivity index (χ1) is 15.6. The van der Waals surface area contributed by atoms with Gasteiger partial charge in [-0.3, -0.25) is 19.1 Å². The van der Waals surface area contributed by atoms with E-state index >= 15 is 0 Å². The third kappa shape index (κ3) is 4.55. The molecule has 1 aliphatic rings. The van der Waals surface area contributed by atoms with Crippen molar-refractivity contribution in [3.8, 4) is 0 Å². The zero-order valence-electron chi connectivity index (χ0n) is 17.6. The number of nitro groups is 1. The van der Waals surface area contributed by atoms with Crippen LogP contribution >= 0.6 is 0 Å². The molecule has 0 aliphatic carbocycles. The van der Waals surface area contributed by atoms with Crippen molar-refractivity contribution in [2.24, 2.45) is 0 Å². The summed E-state index contributed by atoms with van der Waals surface area (Å²) in [6.07, 6.45) is 1.19. The summed E-state index contributed by atoms with van der Waals surface area (Å²) in [5.74, 6) is 0. The number of nitro benzene ring substituents is 1. The minimum Gasteiger partial charge on any atom is -0.280 e. The Bertz CT molecular complexity index is 1420. The van der Waals surface area contributed by atoms with Crippen LogP contribution in [0.1, 0.15) is 17.5 Å². The van der Waals surface area contributed by atoms with Crippen molar-refractivity contribution < 1.29 is 21.8 Å². The van der Waals surface area contributed by atoms with Gasteiger partial charge in [0.25, 0.3) is 25.7 Å². The number of fused-ring (bicyclic) bond motifs is 1. The fraction of sp³-hybridized carbons (Fsp3) is 0.182. The molecule has 0 fully saturated rings. The molecule has 3 aromatic rings. The van der Waals surface area contributed by atoms with Crippen LogP contribution in [0.5, 0.6) is 0 Å². The molecule has 4 rings (SSSR count). The molecule has 33 heavy (non-hydrogen) atoms. The fourth-order valence-electron chi connectivity index (χ4n) is 3.67. The van der Waals surface area contributed by atoms with Gasteiger partial charge in [-0.2, -0.15) is 0 Å². The van der Waals surface area contributed by atoms with Crippen LogP contribution in [0.25, 0.3) is 0 Å². The largest absolute Gasteiger partial charge is 0.280 e. The molecule has 11 heteroatoms. The maximum Gasteiger partial charge on any atom is 0.269 e. The van der Waals surface area contributed by atoms with E-state index in [1.165, 1.54) is 10.4 Å². The van der Waals surface area contributed by atoms with Crippen LogP contribution in [0.2, 0.25) is 0 Å². The number of hydrogen-bond donors (Lipinski definition) is 1. The molecule has 0 aromatic heterocycles. The maximum absolute atomic E-state index is 13.2. The second-order valence-corrected chi connectivity index (χ2v) is 11.2. The monoisotopic (exact) mass is 487 g/mol. The van der Waals surface area contributed by atoms with Crippen LogP contribution in [0.3, 0.4) is 0 Å². The van der Waals surface area contributed by atoms with E-state index in [0.29, 0.717) is 30.6 Å². The van der Waals surface area contributed by atoms with Crippen LogP contribution < -0.4 is 9.03 Å². The lowest BCUT2D eigenvalue weighted by molar-refractivity contribution is -0.384. The Balaban J connectivity index is 1.62. The van der Waals surface area contributed by atoms with Gasteiger partial charge in [0, 0.05) is 24.4 Å². The van der Waals surface area contributed by atoms with Gasteiger partial charge in [0.2, 0.25) is 0 Å². The molecule has 1 N–H and O–H groups in total. The van der Waals surface area contributed by atoms with Crippen LogP contribution in [0.15, 0.2) is 76.5 Å². The van der Waals surface area contributed by atoms with E-state index in [-0.39, 0.29) is 21.2 Å². The van der Waals surface area contributed by atoms with Gasteiger partial charge in [0.15, 0.2) is 0 Å². The molecular weight excluding hydrogens is 466 g/mol. The molecule has 0 bridgehead atoms. The number of rotatable bonds is 6. The molecule has 1 heterocycles. The van der Waals surface area contributed by atoms with Gasteiger partial charge in [-0.15, -0.1) is 0 Å². The standard InChI is InChI=1S/C22H21N3O6S2/c1-16-4-9-21(10-5-16)33(30,31)24-14-2-3-17-15-18(6-13-22(17)24)23-32(28,29)20-11-7-19(8-12-20)25(26)27/h4-13,15,23H,2-3,14H2,1H3. The van der Waals surface area contributed by atoms with Gasteiger partial charge in [-0.05, 0) is 67.8 Å². The first-order valence-corrected chi connectivity index (χ1v) is 13.0. The number of hydrogen-bond acceptors (Lipinski definition) is 6. The van der Waals surface area contributed by atoms with Crippen molar-refractivity contribution in [1.82, 2.24) is 0 Å². The summed E-state index contributed by atoms with van der Waals surface area (Å²) in [5, 5.41) is 10.8. The van der Waals surface area contributed by atoms with Crippen LogP contribution in [-0.2, 0) is 26.5 Å². The van der Waals surface area contributed by atoms with Crippen molar-refractivity contribution in [3.05, 3.63) is 88.0 Å². The molecule has 172 valence electrons. The molecule has 0 amide bonds. The van der Waals surface area contributed by atoms with Crippen LogP contribution in [0, 0.1) is 17.0 Å². The SMILES string of the molecule is Cc1ccc(S(=O)(=O)N2CCCc3cc(NS(=O)(=O)c4ccc([N+](=O)[O-])cc4)ccc32)cc1. The van der Waals surface area contributed by atoms with Crippen molar-refractivity contribution in [3.63, 3.8) is 0 Å². The van der Waals surface area contributed by atoms with E-state index in [1.807, 2.05) is 6.92 Å². The van der Waals surface area contributed by atoms with Gasteiger partial charge in [0.05, 0.1) is 20.4 Å². The van der Waals surface area contributed by atoms with E-state index in [2.05, 4.69) is 4.72 Å². The maximum atomic E-state index is 13.2. The van der Waals surface area contributed by atoms with E-state index in [1.54, 1.807) is 36.4 Å². The van der Waals surface area contributed by atoms with Gasteiger partial charge in [-0.1, -0.05) is 17.7 Å². The zero-order chi connectivity index (χ0) is 23.8. The topological polar surface area (TPSA) is 127 Å². The molecule has 3 aromatic carbocycles. The molecule has 0 spiro atoms. The highest BCUT2D eigenvalue weighted by atomic mass is 32.2. The lowest BCUT2D eigenvalue weighted by Crippen LogP contribution is -2.35. The summed E-state index contributed by atoms with van der Waals surface area (Å²) in [4.78, 5) is 10.3. The van der Waals surface area contributed by atoms with Crippen molar-refractivity contribution in [2.45, 2.75) is 29.6 Å². The molecule has 0 radical (unpaired) electrons. The minimum absolute atomic E-state index is 0.116. The quantitative estimate of drug-likeness (QED) is 0.416. The summed E-state index contributed by atoms with van der Waals surface area (Å²) >= 11 is 0. The average Bonchev–Trinajstić information content (AvgIpc) is 2.78. The highest BCUT2D eigenvalue weighted by molar-refractivity contribution is 7.93. The molecule has 0 atom stereocenters. The van der Waals surface area contributed by atoms with E-state index in [9.17, 15) is 26.9 Å². The average molecular weight is 488 g/mol. The van der Waals surface area contributed by atoms with Crippen LogP contribution in [-0.4, -0.2) is 28.3 Å². The molecular formula is C22H21N3O6S2. The number of aryl methyl sites for hydroxylation is 2. The Morgan fingerprint density at radius 1 is 0.909 bits per heavy atom. The lowest BCUT2D eigenvalue weighted by atomic mass is 10.0. The normalized spacial score (nSPS) is 13.9. The van der Waals surface area contributed by atoms with E-state index in [4.69, 9.17) is 0 Å². The Labute approximate surface area is 191 Å². The molecule has 0 unspecified atom stereocenters. The van der Waals surface area contributed by atoms with Gasteiger partial charge in [0.1, 0.15) is 0 Å². The summed E-state index contributed by atoms with van der Waals surface area (Å²) in [6.45, 7) is 2.21. The first kappa shape index (κ1) is 22.7. The summed E-state index contributed by atoms with van der Waals surface area (Å²) in [6, 6.07) is 15.9. The molecule has 0 saturated heterocycles. The van der Waals surface area contributed by atoms with E-state index in [0.717, 1.165) is 29.8 Å².